The Morgan fingerprint density at radius 2 is 2.29 bits per heavy atom. The summed E-state index contributed by atoms with van der Waals surface area (Å²) in [5.74, 6) is 0. The predicted molar refractivity (Wildman–Crippen MR) is 83.6 cm³/mol. The summed E-state index contributed by atoms with van der Waals surface area (Å²) in [6.45, 7) is 0.481. The Bertz CT molecular complexity index is 749. The highest BCUT2D eigenvalue weighted by Gasteiger charge is 2.38. The van der Waals surface area contributed by atoms with Crippen LogP contribution in [0.1, 0.15) is 24.6 Å². The molecule has 0 aromatic carbocycles. The normalized spacial score (nSPS) is 20.0. The van der Waals surface area contributed by atoms with Gasteiger partial charge in [-0.3, -0.25) is 0 Å². The zero-order valence-electron chi connectivity index (χ0n) is 11.0. The van der Waals surface area contributed by atoms with E-state index in [1.54, 1.807) is 6.20 Å². The predicted octanol–water partition coefficient (Wildman–Crippen LogP) is 3.35. The van der Waals surface area contributed by atoms with Crippen molar-refractivity contribution in [3.8, 4) is 0 Å². The first-order chi connectivity index (χ1) is 10.00. The minimum Gasteiger partial charge on any atom is -0.364 e. The Hall–Kier alpha value is -0.890. The summed E-state index contributed by atoms with van der Waals surface area (Å²) < 4.78 is 27.8. The van der Waals surface area contributed by atoms with Crippen LogP contribution in [0.2, 0.25) is 5.15 Å². The summed E-state index contributed by atoms with van der Waals surface area (Å²) >= 11 is 9.23. The van der Waals surface area contributed by atoms with E-state index in [9.17, 15) is 8.42 Å². The van der Waals surface area contributed by atoms with Gasteiger partial charge in [0.1, 0.15) is 10.0 Å². The Labute approximate surface area is 136 Å². The van der Waals surface area contributed by atoms with Gasteiger partial charge in [0.05, 0.1) is 6.04 Å². The second kappa shape index (κ2) is 5.72. The average Bonchev–Trinajstić information content (AvgIpc) is 3.10. The molecule has 0 amide bonds. The summed E-state index contributed by atoms with van der Waals surface area (Å²) in [5, 5.41) is -0.00432. The maximum absolute atomic E-state index is 12.9. The van der Waals surface area contributed by atoms with E-state index in [1.807, 2.05) is 12.1 Å². The molecule has 1 saturated heterocycles. The minimum atomic E-state index is -3.68. The standard InChI is InChI=1S/C13H13BrClN3O2S/c14-9-7-12(13(15)17-8-9)21(19,20)18-6-2-4-11(18)10-3-1-5-16-10/h1,3,5,7-8,11,16H,2,4,6H2. The van der Waals surface area contributed by atoms with E-state index in [2.05, 4.69) is 25.9 Å². The number of aromatic amines is 1. The maximum atomic E-state index is 12.9. The second-order valence-corrected chi connectivity index (χ2v) is 7.97. The first-order valence-corrected chi connectivity index (χ1v) is 9.07. The van der Waals surface area contributed by atoms with Crippen molar-refractivity contribution in [1.82, 2.24) is 14.3 Å². The number of aromatic nitrogens is 2. The molecular formula is C13H13BrClN3O2S. The average molecular weight is 391 g/mol. The number of halogens is 2. The van der Waals surface area contributed by atoms with Crippen LogP contribution in [0, 0.1) is 0 Å². The van der Waals surface area contributed by atoms with Gasteiger partial charge in [0.15, 0.2) is 0 Å². The van der Waals surface area contributed by atoms with Crippen molar-refractivity contribution in [1.29, 1.82) is 0 Å². The van der Waals surface area contributed by atoms with Gasteiger partial charge in [-0.1, -0.05) is 11.6 Å². The highest BCUT2D eigenvalue weighted by Crippen LogP contribution is 2.37. The summed E-state index contributed by atoms with van der Waals surface area (Å²) in [7, 11) is -3.68. The number of nitrogens with zero attached hydrogens (tertiary/aromatic N) is 2. The minimum absolute atomic E-state index is 0.00432. The van der Waals surface area contributed by atoms with E-state index in [1.165, 1.54) is 16.6 Å². The van der Waals surface area contributed by atoms with Crippen molar-refractivity contribution in [3.05, 3.63) is 45.9 Å². The molecular weight excluding hydrogens is 378 g/mol. The van der Waals surface area contributed by atoms with Crippen molar-refractivity contribution < 1.29 is 8.42 Å². The summed E-state index contributed by atoms with van der Waals surface area (Å²) in [5.41, 5.74) is 0.898. The summed E-state index contributed by atoms with van der Waals surface area (Å²) in [6, 6.07) is 5.08. The van der Waals surface area contributed by atoms with E-state index in [4.69, 9.17) is 11.6 Å². The van der Waals surface area contributed by atoms with Crippen LogP contribution in [0.4, 0.5) is 0 Å². The molecule has 1 aliphatic heterocycles. The van der Waals surface area contributed by atoms with Crippen LogP contribution >= 0.6 is 27.5 Å². The van der Waals surface area contributed by atoms with E-state index in [0.29, 0.717) is 11.0 Å². The highest BCUT2D eigenvalue weighted by molar-refractivity contribution is 9.10. The van der Waals surface area contributed by atoms with Crippen LogP contribution in [-0.2, 0) is 10.0 Å². The molecule has 1 unspecified atom stereocenters. The molecule has 112 valence electrons. The van der Waals surface area contributed by atoms with Crippen molar-refractivity contribution in [2.45, 2.75) is 23.8 Å². The molecule has 3 rings (SSSR count). The highest BCUT2D eigenvalue weighted by atomic mass is 79.9. The Kier molecular flexibility index (Phi) is 4.09. The number of hydrogen-bond acceptors (Lipinski definition) is 3. The lowest BCUT2D eigenvalue weighted by Crippen LogP contribution is -2.31. The summed E-state index contributed by atoms with van der Waals surface area (Å²) in [6.07, 6.45) is 4.89. The third-order valence-electron chi connectivity index (χ3n) is 3.54. The van der Waals surface area contributed by atoms with Crippen LogP contribution in [0.25, 0.3) is 0 Å². The van der Waals surface area contributed by atoms with E-state index < -0.39 is 10.0 Å². The van der Waals surface area contributed by atoms with Crippen molar-refractivity contribution in [3.63, 3.8) is 0 Å². The van der Waals surface area contributed by atoms with Gasteiger partial charge in [-0.25, -0.2) is 13.4 Å². The lowest BCUT2D eigenvalue weighted by atomic mass is 10.2. The molecule has 3 heterocycles. The number of H-pyrrole nitrogens is 1. The number of hydrogen-bond donors (Lipinski definition) is 1. The van der Waals surface area contributed by atoms with Crippen LogP contribution in [0.5, 0.6) is 0 Å². The lowest BCUT2D eigenvalue weighted by molar-refractivity contribution is 0.391. The molecule has 1 N–H and O–H groups in total. The molecule has 2 aromatic heterocycles. The molecule has 5 nitrogen and oxygen atoms in total. The second-order valence-electron chi connectivity index (χ2n) is 4.84. The number of pyridine rings is 1. The van der Waals surface area contributed by atoms with Crippen molar-refractivity contribution in [2.75, 3.05) is 6.54 Å². The Morgan fingerprint density at radius 1 is 1.48 bits per heavy atom. The monoisotopic (exact) mass is 389 g/mol. The molecule has 0 spiro atoms. The largest absolute Gasteiger partial charge is 0.364 e. The molecule has 0 saturated carbocycles. The molecule has 0 radical (unpaired) electrons. The van der Waals surface area contributed by atoms with Gasteiger partial charge >= 0.3 is 0 Å². The number of nitrogens with one attached hydrogen (secondary N) is 1. The zero-order chi connectivity index (χ0) is 15.0. The first-order valence-electron chi connectivity index (χ1n) is 6.46. The molecule has 0 bridgehead atoms. The molecule has 21 heavy (non-hydrogen) atoms. The van der Waals surface area contributed by atoms with Crippen molar-refractivity contribution >= 4 is 37.6 Å². The fourth-order valence-corrected chi connectivity index (χ4v) is 5.20. The van der Waals surface area contributed by atoms with Crippen LogP contribution in [0.3, 0.4) is 0 Å². The van der Waals surface area contributed by atoms with Gasteiger partial charge in [-0.05, 0) is 47.0 Å². The molecule has 0 aliphatic carbocycles. The topological polar surface area (TPSA) is 66.1 Å². The quantitative estimate of drug-likeness (QED) is 0.817. The fourth-order valence-electron chi connectivity index (χ4n) is 2.60. The molecule has 1 atom stereocenters. The van der Waals surface area contributed by atoms with Crippen LogP contribution in [-0.4, -0.2) is 29.2 Å². The van der Waals surface area contributed by atoms with E-state index in [0.717, 1.165) is 18.5 Å². The van der Waals surface area contributed by atoms with Gasteiger partial charge in [-0.2, -0.15) is 4.31 Å². The zero-order valence-corrected chi connectivity index (χ0v) is 14.1. The van der Waals surface area contributed by atoms with E-state index in [-0.39, 0.29) is 16.1 Å². The Balaban J connectivity index is 2.03. The fraction of sp³-hybridized carbons (Fsp3) is 0.308. The Morgan fingerprint density at radius 3 is 3.00 bits per heavy atom. The van der Waals surface area contributed by atoms with Gasteiger partial charge in [0, 0.05) is 29.1 Å². The van der Waals surface area contributed by atoms with Gasteiger partial charge < -0.3 is 4.98 Å². The number of sulfonamides is 1. The van der Waals surface area contributed by atoms with Gasteiger partial charge in [0.25, 0.3) is 0 Å². The first kappa shape index (κ1) is 15.0. The third-order valence-corrected chi connectivity index (χ3v) is 6.31. The molecule has 8 heteroatoms. The van der Waals surface area contributed by atoms with Crippen LogP contribution in [0.15, 0.2) is 40.0 Å². The third kappa shape index (κ3) is 2.75. The maximum Gasteiger partial charge on any atom is 0.246 e. The lowest BCUT2D eigenvalue weighted by Gasteiger charge is -2.23. The SMILES string of the molecule is O=S(=O)(c1cc(Br)cnc1Cl)N1CCCC1c1ccc[nH]1. The van der Waals surface area contributed by atoms with E-state index >= 15 is 0 Å². The summed E-state index contributed by atoms with van der Waals surface area (Å²) in [4.78, 5) is 7.04. The molecule has 2 aromatic rings. The number of rotatable bonds is 3. The smallest absolute Gasteiger partial charge is 0.246 e. The van der Waals surface area contributed by atoms with Crippen molar-refractivity contribution in [2.24, 2.45) is 0 Å². The van der Waals surface area contributed by atoms with Gasteiger partial charge in [-0.15, -0.1) is 0 Å². The molecule has 1 aliphatic rings. The van der Waals surface area contributed by atoms with Crippen LogP contribution < -0.4 is 0 Å². The molecule has 1 fully saturated rings. The van der Waals surface area contributed by atoms with Gasteiger partial charge in [0.2, 0.25) is 10.0 Å².